The molecule has 110 valence electrons. The van der Waals surface area contributed by atoms with Crippen molar-refractivity contribution in [1.82, 2.24) is 10.2 Å². The van der Waals surface area contributed by atoms with E-state index in [0.29, 0.717) is 11.3 Å². The normalized spacial score (nSPS) is 11.2. The van der Waals surface area contributed by atoms with E-state index in [9.17, 15) is 13.2 Å². The number of nitrogen functional groups attached to an aromatic ring is 1. The van der Waals surface area contributed by atoms with Crippen molar-refractivity contribution in [2.75, 3.05) is 11.9 Å². The molecule has 8 heteroatoms. The van der Waals surface area contributed by atoms with Crippen LogP contribution in [-0.4, -0.2) is 23.1 Å². The van der Waals surface area contributed by atoms with Gasteiger partial charge in [-0.25, -0.2) is 0 Å². The lowest BCUT2D eigenvalue weighted by atomic mass is 10.2. The second-order valence-electron chi connectivity index (χ2n) is 4.29. The molecule has 5 nitrogen and oxygen atoms in total. The number of alkyl halides is 3. The van der Waals surface area contributed by atoms with Crippen LogP contribution in [-0.2, 0) is 6.18 Å². The fraction of sp³-hybridized carbons (Fsp3) is 0.154. The van der Waals surface area contributed by atoms with Gasteiger partial charge in [-0.2, -0.15) is 13.2 Å². The Morgan fingerprint density at radius 3 is 2.14 bits per heavy atom. The van der Waals surface area contributed by atoms with Crippen molar-refractivity contribution in [2.24, 2.45) is 5.73 Å². The lowest BCUT2D eigenvalue weighted by Crippen LogP contribution is -2.15. The van der Waals surface area contributed by atoms with Gasteiger partial charge in [0, 0.05) is 18.3 Å². The molecule has 1 heterocycles. The Morgan fingerprint density at radius 1 is 1.10 bits per heavy atom. The Kier molecular flexibility index (Phi) is 3.79. The minimum absolute atomic E-state index is 0.0569. The molecule has 0 aliphatic rings. The maximum absolute atomic E-state index is 12.4. The molecule has 0 saturated heterocycles. The van der Waals surface area contributed by atoms with Crippen LogP contribution in [0, 0.1) is 5.41 Å². The minimum Gasteiger partial charge on any atom is -0.384 e. The van der Waals surface area contributed by atoms with E-state index in [-0.39, 0.29) is 11.7 Å². The summed E-state index contributed by atoms with van der Waals surface area (Å²) in [6.07, 6.45) is -4.51. The van der Waals surface area contributed by atoms with Crippen molar-refractivity contribution in [1.29, 1.82) is 5.41 Å². The monoisotopic (exact) mass is 295 g/mol. The van der Waals surface area contributed by atoms with Gasteiger partial charge in [-0.05, 0) is 36.4 Å². The Hall–Kier alpha value is -2.64. The highest BCUT2D eigenvalue weighted by Gasteiger charge is 2.33. The summed E-state index contributed by atoms with van der Waals surface area (Å²) in [6, 6.07) is 8.79. The minimum atomic E-state index is -4.51. The zero-order valence-corrected chi connectivity index (χ0v) is 11.0. The zero-order valence-electron chi connectivity index (χ0n) is 11.0. The van der Waals surface area contributed by atoms with E-state index in [1.165, 1.54) is 6.07 Å². The summed E-state index contributed by atoms with van der Waals surface area (Å²) in [5.74, 6) is 0.220. The second-order valence-corrected chi connectivity index (χ2v) is 4.29. The Labute approximate surface area is 118 Å². The molecule has 0 unspecified atom stereocenters. The molecule has 1 aromatic heterocycles. The molecule has 0 aliphatic carbocycles. The number of anilines is 2. The summed E-state index contributed by atoms with van der Waals surface area (Å²) in [5, 5.41) is 14.0. The number of aromatic nitrogens is 2. The third kappa shape index (κ3) is 3.28. The fourth-order valence-corrected chi connectivity index (χ4v) is 1.65. The molecule has 0 fully saturated rings. The predicted molar refractivity (Wildman–Crippen MR) is 72.6 cm³/mol. The Morgan fingerprint density at radius 2 is 1.71 bits per heavy atom. The molecule has 0 saturated carbocycles. The summed E-state index contributed by atoms with van der Waals surface area (Å²) in [5.41, 5.74) is 5.56. The van der Waals surface area contributed by atoms with Crippen molar-refractivity contribution < 1.29 is 13.2 Å². The van der Waals surface area contributed by atoms with Crippen molar-refractivity contribution in [3.05, 3.63) is 47.7 Å². The van der Waals surface area contributed by atoms with Crippen LogP contribution in [0.5, 0.6) is 0 Å². The van der Waals surface area contributed by atoms with E-state index in [2.05, 4.69) is 10.2 Å². The van der Waals surface area contributed by atoms with E-state index in [1.807, 2.05) is 0 Å². The topological polar surface area (TPSA) is 78.9 Å². The number of nitrogens with one attached hydrogen (secondary N) is 1. The van der Waals surface area contributed by atoms with Gasteiger partial charge in [0.15, 0.2) is 11.5 Å². The van der Waals surface area contributed by atoms with Gasteiger partial charge in [0.25, 0.3) is 0 Å². The molecule has 0 aliphatic heterocycles. The smallest absolute Gasteiger partial charge is 0.384 e. The highest BCUT2D eigenvalue weighted by molar-refractivity contribution is 5.95. The standard InChI is InChI=1S/C13H12F3N5/c1-21(9-4-2-8(3-5-9)12(17)18)11-7-6-10(19-20-11)13(14,15)16/h2-7H,1H3,(H3,17,18). The summed E-state index contributed by atoms with van der Waals surface area (Å²) in [7, 11) is 1.65. The van der Waals surface area contributed by atoms with Crippen LogP contribution >= 0.6 is 0 Å². The van der Waals surface area contributed by atoms with Crippen LogP contribution in [0.25, 0.3) is 0 Å². The van der Waals surface area contributed by atoms with Crippen LogP contribution in [0.2, 0.25) is 0 Å². The van der Waals surface area contributed by atoms with E-state index in [1.54, 1.807) is 36.2 Å². The third-order valence-corrected chi connectivity index (χ3v) is 2.85. The average molecular weight is 295 g/mol. The van der Waals surface area contributed by atoms with Crippen LogP contribution in [0.3, 0.4) is 0 Å². The molecular weight excluding hydrogens is 283 g/mol. The molecule has 3 N–H and O–H groups in total. The Bertz CT molecular complexity index is 634. The molecule has 2 aromatic rings. The van der Waals surface area contributed by atoms with E-state index >= 15 is 0 Å². The molecule has 1 aromatic carbocycles. The van der Waals surface area contributed by atoms with Gasteiger partial charge in [-0.1, -0.05) is 0 Å². The SMILES string of the molecule is CN(c1ccc(C(=N)N)cc1)c1ccc(C(F)(F)F)nn1. The third-order valence-electron chi connectivity index (χ3n) is 2.85. The number of hydrogen-bond donors (Lipinski definition) is 2. The molecule has 0 amide bonds. The molecule has 0 bridgehead atoms. The molecule has 21 heavy (non-hydrogen) atoms. The van der Waals surface area contributed by atoms with Crippen molar-refractivity contribution in [3.8, 4) is 0 Å². The van der Waals surface area contributed by atoms with Gasteiger partial charge in [0.1, 0.15) is 5.84 Å². The number of hydrogen-bond acceptors (Lipinski definition) is 4. The number of halogens is 3. The van der Waals surface area contributed by atoms with Gasteiger partial charge < -0.3 is 10.6 Å². The fourth-order valence-electron chi connectivity index (χ4n) is 1.65. The van der Waals surface area contributed by atoms with Gasteiger partial charge >= 0.3 is 6.18 Å². The van der Waals surface area contributed by atoms with Gasteiger partial charge in [-0.3, -0.25) is 5.41 Å². The zero-order chi connectivity index (χ0) is 15.6. The first-order chi connectivity index (χ1) is 9.79. The highest BCUT2D eigenvalue weighted by atomic mass is 19.4. The molecule has 0 spiro atoms. The highest BCUT2D eigenvalue weighted by Crippen LogP contribution is 2.28. The van der Waals surface area contributed by atoms with Crippen LogP contribution in [0.4, 0.5) is 24.7 Å². The molecule has 2 rings (SSSR count). The summed E-state index contributed by atoms with van der Waals surface area (Å²) in [6.45, 7) is 0. The first-order valence-corrected chi connectivity index (χ1v) is 5.88. The number of amidine groups is 1. The summed E-state index contributed by atoms with van der Waals surface area (Å²) < 4.78 is 37.2. The van der Waals surface area contributed by atoms with E-state index < -0.39 is 11.9 Å². The Balaban J connectivity index is 2.23. The van der Waals surface area contributed by atoms with Crippen LogP contribution < -0.4 is 10.6 Å². The summed E-state index contributed by atoms with van der Waals surface area (Å²) in [4.78, 5) is 1.58. The van der Waals surface area contributed by atoms with Crippen LogP contribution in [0.15, 0.2) is 36.4 Å². The van der Waals surface area contributed by atoms with Crippen molar-refractivity contribution >= 4 is 17.3 Å². The molecular formula is C13H12F3N5. The quantitative estimate of drug-likeness (QED) is 0.673. The average Bonchev–Trinajstić information content (AvgIpc) is 2.46. The first-order valence-electron chi connectivity index (χ1n) is 5.88. The molecule has 0 atom stereocenters. The van der Waals surface area contributed by atoms with Crippen LogP contribution in [0.1, 0.15) is 11.3 Å². The first kappa shape index (κ1) is 14.8. The number of rotatable bonds is 3. The maximum Gasteiger partial charge on any atom is 0.435 e. The second kappa shape index (κ2) is 5.39. The number of nitrogens with zero attached hydrogens (tertiary/aromatic N) is 3. The number of nitrogens with two attached hydrogens (primary N) is 1. The number of benzene rings is 1. The lowest BCUT2D eigenvalue weighted by molar-refractivity contribution is -0.141. The van der Waals surface area contributed by atoms with E-state index in [4.69, 9.17) is 11.1 Å². The maximum atomic E-state index is 12.4. The van der Waals surface area contributed by atoms with Gasteiger partial charge in [-0.15, -0.1) is 10.2 Å². The van der Waals surface area contributed by atoms with Gasteiger partial charge in [0.05, 0.1) is 0 Å². The van der Waals surface area contributed by atoms with Gasteiger partial charge in [0.2, 0.25) is 0 Å². The van der Waals surface area contributed by atoms with E-state index in [0.717, 1.165) is 6.07 Å². The molecule has 0 radical (unpaired) electrons. The van der Waals surface area contributed by atoms with Crippen molar-refractivity contribution in [2.45, 2.75) is 6.18 Å². The predicted octanol–water partition coefficient (Wildman–Crippen LogP) is 2.55. The largest absolute Gasteiger partial charge is 0.435 e. The van der Waals surface area contributed by atoms with Crippen molar-refractivity contribution in [3.63, 3.8) is 0 Å². The summed E-state index contributed by atoms with van der Waals surface area (Å²) >= 11 is 0. The lowest BCUT2D eigenvalue weighted by Gasteiger charge is -2.18.